The molecule has 1 N–H and O–H groups in total. The van der Waals surface area contributed by atoms with Gasteiger partial charge in [0.2, 0.25) is 0 Å². The Morgan fingerprint density at radius 2 is 1.71 bits per heavy atom. The van der Waals surface area contributed by atoms with Gasteiger partial charge in [-0.3, -0.25) is 0 Å². The Bertz CT molecular complexity index is 650. The van der Waals surface area contributed by atoms with Crippen LogP contribution >= 0.6 is 0 Å². The fourth-order valence-corrected chi connectivity index (χ4v) is 6.25. The van der Waals surface area contributed by atoms with Crippen LogP contribution in [-0.2, 0) is 6.42 Å². The Morgan fingerprint density at radius 1 is 0.964 bits per heavy atom. The summed E-state index contributed by atoms with van der Waals surface area (Å²) in [5, 5.41) is 16.9. The van der Waals surface area contributed by atoms with Crippen LogP contribution in [0, 0.1) is 10.8 Å². The van der Waals surface area contributed by atoms with Gasteiger partial charge in [-0.25, -0.2) is 15.0 Å². The van der Waals surface area contributed by atoms with Crippen molar-refractivity contribution >= 4 is 0 Å². The van der Waals surface area contributed by atoms with Crippen molar-refractivity contribution in [1.29, 1.82) is 0 Å². The van der Waals surface area contributed by atoms with Crippen LogP contribution in [0.2, 0.25) is 0 Å². The lowest BCUT2D eigenvalue weighted by molar-refractivity contribution is -0.242. The van der Waals surface area contributed by atoms with Crippen molar-refractivity contribution in [3.05, 3.63) is 35.9 Å². The molecule has 6 aliphatic heterocycles. The highest BCUT2D eigenvalue weighted by atomic mass is 16.2. The predicted molar refractivity (Wildman–Crippen MR) is 110 cm³/mol. The smallest absolute Gasteiger partial charge is 0.113 e. The third-order valence-corrected chi connectivity index (χ3v) is 8.01. The summed E-state index contributed by atoms with van der Waals surface area (Å²) < 4.78 is 0. The van der Waals surface area contributed by atoms with E-state index in [0.717, 1.165) is 38.9 Å². The first-order valence-electron chi connectivity index (χ1n) is 11.3. The Balaban J connectivity index is 1.38. The van der Waals surface area contributed by atoms with Gasteiger partial charge >= 0.3 is 0 Å². The van der Waals surface area contributed by atoms with Gasteiger partial charge in [-0.05, 0) is 55.9 Å². The van der Waals surface area contributed by atoms with Gasteiger partial charge in [-0.1, -0.05) is 36.8 Å². The second-order valence-corrected chi connectivity index (χ2v) is 9.70. The van der Waals surface area contributed by atoms with E-state index in [1.54, 1.807) is 0 Å². The number of piperidine rings is 2. The lowest BCUT2D eigenvalue weighted by atomic mass is 9.68. The zero-order chi connectivity index (χ0) is 19.0. The molecule has 6 aliphatic rings. The summed E-state index contributed by atoms with van der Waals surface area (Å²) in [5.74, 6) is 0. The van der Waals surface area contributed by atoms with Crippen molar-refractivity contribution in [3.63, 3.8) is 0 Å². The first-order chi connectivity index (χ1) is 13.7. The summed E-state index contributed by atoms with van der Waals surface area (Å²) >= 11 is 0. The number of hydrogen-bond acceptors (Lipinski definition) is 4. The molecule has 7 rings (SSSR count). The summed E-state index contributed by atoms with van der Waals surface area (Å²) in [6.45, 7) is 6.12. The molecule has 6 saturated heterocycles. The average molecular weight is 384 g/mol. The third kappa shape index (κ3) is 3.41. The molecule has 6 heterocycles. The highest BCUT2D eigenvalue weighted by Crippen LogP contribution is 2.49. The van der Waals surface area contributed by atoms with Crippen LogP contribution in [0.15, 0.2) is 30.3 Å². The van der Waals surface area contributed by atoms with E-state index >= 15 is 0 Å². The number of aliphatic hydroxyl groups excluding tert-OH is 1. The number of rotatable bonds is 7. The van der Waals surface area contributed by atoms with Gasteiger partial charge in [0.15, 0.2) is 0 Å². The van der Waals surface area contributed by atoms with E-state index in [9.17, 15) is 5.11 Å². The number of nitrogens with zero attached hydrogens (tertiary/aromatic N) is 4. The minimum Gasteiger partial charge on any atom is -0.396 e. The topological polar surface area (TPSA) is 44.1 Å². The molecule has 1 aromatic carbocycles. The molecule has 5 nitrogen and oxygen atoms in total. The van der Waals surface area contributed by atoms with E-state index in [2.05, 4.69) is 45.4 Å². The molecule has 0 aromatic heterocycles. The van der Waals surface area contributed by atoms with Crippen molar-refractivity contribution in [2.24, 2.45) is 10.8 Å². The molecule has 1 aromatic rings. The maximum Gasteiger partial charge on any atom is 0.113 e. The molecule has 4 bridgehead atoms. The van der Waals surface area contributed by atoms with Gasteiger partial charge in [-0.2, -0.15) is 0 Å². The van der Waals surface area contributed by atoms with Gasteiger partial charge < -0.3 is 5.11 Å². The van der Waals surface area contributed by atoms with Crippen molar-refractivity contribution in [2.75, 3.05) is 39.3 Å². The van der Waals surface area contributed by atoms with Crippen LogP contribution in [0.3, 0.4) is 0 Å². The molecule has 0 spiro atoms. The molecule has 153 valence electrons. The molecule has 5 heteroatoms. The number of hydrazine groups is 1. The van der Waals surface area contributed by atoms with Gasteiger partial charge in [0.1, 0.15) is 6.17 Å². The molecular weight excluding hydrogens is 348 g/mol. The van der Waals surface area contributed by atoms with Crippen molar-refractivity contribution in [1.82, 2.24) is 20.5 Å². The molecule has 6 fully saturated rings. The number of benzene rings is 1. The summed E-state index contributed by atoms with van der Waals surface area (Å²) in [6.07, 6.45) is 9.98. The van der Waals surface area contributed by atoms with Gasteiger partial charge in [0.05, 0.1) is 0 Å². The van der Waals surface area contributed by atoms with E-state index in [-0.39, 0.29) is 5.41 Å². The standard InChI is InChI=1S/C23H35N4O/c28-17-5-4-8-22-9-15-26(16-10-22)27(19-22)21-23(11-13-25(24-21)14-12-23)18-20-6-2-1-3-7-20/h1-3,6-7,21,28H,4-5,8-19H2. The monoisotopic (exact) mass is 383 g/mol. The maximum atomic E-state index is 9.22. The maximum absolute atomic E-state index is 9.22. The molecule has 0 amide bonds. The van der Waals surface area contributed by atoms with Crippen LogP contribution in [0.1, 0.15) is 50.5 Å². The highest BCUT2D eigenvalue weighted by molar-refractivity contribution is 5.19. The molecule has 1 atom stereocenters. The predicted octanol–water partition coefficient (Wildman–Crippen LogP) is 2.65. The van der Waals surface area contributed by atoms with E-state index in [1.807, 2.05) is 0 Å². The minimum absolute atomic E-state index is 0.278. The largest absolute Gasteiger partial charge is 0.396 e. The number of hydrogen-bond donors (Lipinski definition) is 1. The fraction of sp³-hybridized carbons (Fsp3) is 0.739. The third-order valence-electron chi connectivity index (χ3n) is 8.01. The van der Waals surface area contributed by atoms with Crippen LogP contribution in [0.4, 0.5) is 0 Å². The van der Waals surface area contributed by atoms with E-state index < -0.39 is 0 Å². The molecule has 28 heavy (non-hydrogen) atoms. The molecule has 0 aliphatic carbocycles. The Morgan fingerprint density at radius 3 is 2.43 bits per heavy atom. The van der Waals surface area contributed by atoms with Gasteiger partial charge in [0, 0.05) is 44.7 Å². The summed E-state index contributed by atoms with van der Waals surface area (Å²) in [5.41, 5.74) is 7.45. The lowest BCUT2D eigenvalue weighted by Gasteiger charge is -2.63. The molecule has 0 saturated carbocycles. The zero-order valence-electron chi connectivity index (χ0n) is 17.1. The average Bonchev–Trinajstić information content (AvgIpc) is 2.76. The van der Waals surface area contributed by atoms with Crippen molar-refractivity contribution in [3.8, 4) is 0 Å². The van der Waals surface area contributed by atoms with Crippen LogP contribution in [0.5, 0.6) is 0 Å². The van der Waals surface area contributed by atoms with Crippen LogP contribution in [-0.4, -0.2) is 65.6 Å². The van der Waals surface area contributed by atoms with Gasteiger partial charge in [-0.15, -0.1) is 5.43 Å². The highest BCUT2D eigenvalue weighted by Gasteiger charge is 2.55. The van der Waals surface area contributed by atoms with E-state index in [1.165, 1.54) is 50.8 Å². The number of aliphatic hydroxyl groups is 1. The minimum atomic E-state index is 0.278. The van der Waals surface area contributed by atoms with Crippen LogP contribution < -0.4 is 5.43 Å². The second-order valence-electron chi connectivity index (χ2n) is 9.70. The summed E-state index contributed by atoms with van der Waals surface area (Å²) in [4.78, 5) is 0. The summed E-state index contributed by atoms with van der Waals surface area (Å²) in [6, 6.07) is 11.1. The SMILES string of the molecule is OCCCCC12CCN(CC1)N(C1[N]N3CCC1(Cc1ccccc1)CC3)C2. The van der Waals surface area contributed by atoms with E-state index in [0.29, 0.717) is 18.2 Å². The number of fused-ring (bicyclic) bond motifs is 7. The Hall–Kier alpha value is -0.980. The lowest BCUT2D eigenvalue weighted by Crippen LogP contribution is -2.74. The Kier molecular flexibility index (Phi) is 5.22. The summed E-state index contributed by atoms with van der Waals surface area (Å²) in [7, 11) is 0. The van der Waals surface area contributed by atoms with Gasteiger partial charge in [0.25, 0.3) is 0 Å². The van der Waals surface area contributed by atoms with E-state index in [4.69, 9.17) is 5.43 Å². The Labute approximate surface area is 169 Å². The first kappa shape index (κ1) is 19.0. The second kappa shape index (κ2) is 7.69. The van der Waals surface area contributed by atoms with Crippen molar-refractivity contribution < 1.29 is 5.11 Å². The fourth-order valence-electron chi connectivity index (χ4n) is 6.25. The molecule has 1 unspecified atom stereocenters. The number of unbranched alkanes of at least 4 members (excludes halogenated alkanes) is 1. The molecule has 1 radical (unpaired) electrons. The first-order valence-corrected chi connectivity index (χ1v) is 11.3. The molecular formula is C23H35N4O. The zero-order valence-corrected chi connectivity index (χ0v) is 17.1. The normalized spacial score (nSPS) is 40.1. The van der Waals surface area contributed by atoms with Crippen LogP contribution in [0.25, 0.3) is 0 Å². The van der Waals surface area contributed by atoms with Crippen molar-refractivity contribution in [2.45, 2.75) is 57.5 Å². The quantitative estimate of drug-likeness (QED) is 0.735.